The van der Waals surface area contributed by atoms with Crippen LogP contribution in [0.2, 0.25) is 0 Å². The van der Waals surface area contributed by atoms with E-state index >= 15 is 0 Å². The largest absolute Gasteiger partial charge is 0.573 e. The van der Waals surface area contributed by atoms with Crippen LogP contribution in [0.5, 0.6) is 5.75 Å². The molecule has 1 aliphatic carbocycles. The van der Waals surface area contributed by atoms with Gasteiger partial charge in [0.15, 0.2) is 0 Å². The van der Waals surface area contributed by atoms with Crippen molar-refractivity contribution >= 4 is 0 Å². The SMILES string of the molecule is FC(F)(F)Oc1ccc(C2CNCC(c3cc(C4CC4)[nH]n3)C2)cc1. The van der Waals surface area contributed by atoms with Crippen LogP contribution in [-0.4, -0.2) is 29.6 Å². The Morgan fingerprint density at radius 3 is 2.40 bits per heavy atom. The van der Waals surface area contributed by atoms with Crippen LogP contribution in [0.4, 0.5) is 13.2 Å². The highest BCUT2D eigenvalue weighted by molar-refractivity contribution is 5.31. The van der Waals surface area contributed by atoms with Gasteiger partial charge in [-0.2, -0.15) is 5.10 Å². The molecule has 1 aliphatic heterocycles. The van der Waals surface area contributed by atoms with Gasteiger partial charge in [0.25, 0.3) is 0 Å². The number of alkyl halides is 3. The molecule has 1 saturated carbocycles. The van der Waals surface area contributed by atoms with Gasteiger partial charge in [-0.1, -0.05) is 12.1 Å². The Bertz CT molecular complexity index is 722. The topological polar surface area (TPSA) is 49.9 Å². The van der Waals surface area contributed by atoms with Crippen LogP contribution < -0.4 is 10.1 Å². The molecule has 0 bridgehead atoms. The van der Waals surface area contributed by atoms with E-state index in [2.05, 4.69) is 26.3 Å². The Labute approximate surface area is 143 Å². The molecular weight excluding hydrogens is 331 g/mol. The van der Waals surface area contributed by atoms with Crippen molar-refractivity contribution in [2.45, 2.75) is 43.4 Å². The van der Waals surface area contributed by atoms with Gasteiger partial charge >= 0.3 is 6.36 Å². The molecule has 2 atom stereocenters. The van der Waals surface area contributed by atoms with E-state index < -0.39 is 6.36 Å². The third-order valence-electron chi connectivity index (χ3n) is 4.99. The first-order valence-corrected chi connectivity index (χ1v) is 8.59. The normalized spacial score (nSPS) is 24.3. The number of rotatable bonds is 4. The summed E-state index contributed by atoms with van der Waals surface area (Å²) in [6.07, 6.45) is -1.25. The lowest BCUT2D eigenvalue weighted by molar-refractivity contribution is -0.274. The Morgan fingerprint density at radius 1 is 1.00 bits per heavy atom. The maximum Gasteiger partial charge on any atom is 0.573 e. The molecule has 0 spiro atoms. The summed E-state index contributed by atoms with van der Waals surface area (Å²) in [7, 11) is 0. The minimum Gasteiger partial charge on any atom is -0.406 e. The number of H-pyrrole nitrogens is 1. The molecule has 2 aromatic rings. The minimum absolute atomic E-state index is 0.182. The van der Waals surface area contributed by atoms with Crippen molar-refractivity contribution in [2.24, 2.45) is 0 Å². The van der Waals surface area contributed by atoms with Crippen molar-refractivity contribution in [2.75, 3.05) is 13.1 Å². The zero-order valence-electron chi connectivity index (χ0n) is 13.6. The number of ether oxygens (including phenoxy) is 1. The predicted octanol–water partition coefficient (Wildman–Crippen LogP) is 4.05. The van der Waals surface area contributed by atoms with Crippen LogP contribution in [0, 0.1) is 0 Å². The lowest BCUT2D eigenvalue weighted by Crippen LogP contribution is -2.34. The van der Waals surface area contributed by atoms with Crippen LogP contribution in [0.25, 0.3) is 0 Å². The second-order valence-electron chi connectivity index (χ2n) is 6.93. The predicted molar refractivity (Wildman–Crippen MR) is 86.7 cm³/mol. The van der Waals surface area contributed by atoms with Crippen LogP contribution >= 0.6 is 0 Å². The fraction of sp³-hybridized carbons (Fsp3) is 0.500. The Balaban J connectivity index is 1.43. The van der Waals surface area contributed by atoms with Crippen molar-refractivity contribution in [3.8, 4) is 5.75 Å². The molecule has 2 heterocycles. The number of aromatic amines is 1. The molecule has 25 heavy (non-hydrogen) atoms. The number of nitrogens with one attached hydrogen (secondary N) is 2. The Morgan fingerprint density at radius 2 is 1.72 bits per heavy atom. The number of halogens is 3. The van der Waals surface area contributed by atoms with E-state index in [-0.39, 0.29) is 11.7 Å². The Hall–Kier alpha value is -2.02. The van der Waals surface area contributed by atoms with E-state index in [9.17, 15) is 13.2 Å². The minimum atomic E-state index is -4.65. The molecule has 7 heteroatoms. The molecule has 4 nitrogen and oxygen atoms in total. The fourth-order valence-corrected chi connectivity index (χ4v) is 3.53. The first-order valence-electron chi connectivity index (χ1n) is 8.59. The summed E-state index contributed by atoms with van der Waals surface area (Å²) in [4.78, 5) is 0. The zero-order chi connectivity index (χ0) is 17.4. The third kappa shape index (κ3) is 3.98. The summed E-state index contributed by atoms with van der Waals surface area (Å²) in [5.41, 5.74) is 3.33. The smallest absolute Gasteiger partial charge is 0.406 e. The number of nitrogens with zero attached hydrogens (tertiary/aromatic N) is 1. The van der Waals surface area contributed by atoms with Gasteiger partial charge in [-0.3, -0.25) is 5.10 Å². The van der Waals surface area contributed by atoms with Crippen molar-refractivity contribution in [3.05, 3.63) is 47.3 Å². The summed E-state index contributed by atoms with van der Waals surface area (Å²) >= 11 is 0. The lowest BCUT2D eigenvalue weighted by Gasteiger charge is -2.29. The summed E-state index contributed by atoms with van der Waals surface area (Å²) in [6, 6.07) is 8.37. The van der Waals surface area contributed by atoms with Gasteiger partial charge in [-0.15, -0.1) is 13.2 Å². The van der Waals surface area contributed by atoms with Crippen LogP contribution in [-0.2, 0) is 0 Å². The quantitative estimate of drug-likeness (QED) is 0.874. The summed E-state index contributed by atoms with van der Waals surface area (Å²) < 4.78 is 40.7. The summed E-state index contributed by atoms with van der Waals surface area (Å²) in [6.45, 7) is 1.69. The van der Waals surface area contributed by atoms with Crippen LogP contribution in [0.3, 0.4) is 0 Å². The van der Waals surface area contributed by atoms with E-state index in [0.29, 0.717) is 11.8 Å². The number of piperidine rings is 1. The highest BCUT2D eigenvalue weighted by atomic mass is 19.4. The number of hydrogen-bond acceptors (Lipinski definition) is 3. The van der Waals surface area contributed by atoms with E-state index in [4.69, 9.17) is 0 Å². The number of aromatic nitrogens is 2. The molecule has 4 rings (SSSR count). The van der Waals surface area contributed by atoms with Gasteiger partial charge in [0.1, 0.15) is 5.75 Å². The highest BCUT2D eigenvalue weighted by Gasteiger charge is 2.32. The van der Waals surface area contributed by atoms with Crippen molar-refractivity contribution < 1.29 is 17.9 Å². The molecule has 0 amide bonds. The van der Waals surface area contributed by atoms with Crippen LogP contribution in [0.1, 0.15) is 54.0 Å². The third-order valence-corrected chi connectivity index (χ3v) is 4.99. The van der Waals surface area contributed by atoms with Gasteiger partial charge in [-0.05, 0) is 48.9 Å². The average Bonchev–Trinajstić information content (AvgIpc) is 3.31. The molecule has 2 unspecified atom stereocenters. The molecule has 2 fully saturated rings. The molecule has 0 radical (unpaired) electrons. The van der Waals surface area contributed by atoms with E-state index in [1.165, 1.54) is 30.7 Å². The second kappa shape index (κ2) is 6.37. The van der Waals surface area contributed by atoms with Crippen molar-refractivity contribution in [3.63, 3.8) is 0 Å². The van der Waals surface area contributed by atoms with Crippen LogP contribution in [0.15, 0.2) is 30.3 Å². The molecule has 1 aromatic carbocycles. The molecule has 134 valence electrons. The van der Waals surface area contributed by atoms with Gasteiger partial charge in [0.05, 0.1) is 5.69 Å². The molecule has 1 aromatic heterocycles. The summed E-state index contributed by atoms with van der Waals surface area (Å²) in [5.74, 6) is 1.03. The molecule has 2 aliphatic rings. The van der Waals surface area contributed by atoms with Gasteiger partial charge in [0, 0.05) is 30.6 Å². The molecular formula is C18H20F3N3O. The number of hydrogen-bond donors (Lipinski definition) is 2. The van der Waals surface area contributed by atoms with E-state index in [0.717, 1.165) is 30.8 Å². The highest BCUT2D eigenvalue weighted by Crippen LogP contribution is 2.40. The van der Waals surface area contributed by atoms with Crippen molar-refractivity contribution in [1.82, 2.24) is 15.5 Å². The lowest BCUT2D eigenvalue weighted by atomic mass is 9.84. The summed E-state index contributed by atoms with van der Waals surface area (Å²) in [5, 5.41) is 11.0. The standard InChI is InChI=1S/C18H20F3N3O/c19-18(20,21)25-15-5-3-11(4-6-15)13-7-14(10-22-9-13)17-8-16(23-24-17)12-1-2-12/h3-6,8,12-14,22H,1-2,7,9-10H2,(H,23,24). The molecule has 2 N–H and O–H groups in total. The average molecular weight is 351 g/mol. The first-order chi connectivity index (χ1) is 12.0. The maximum atomic E-state index is 12.3. The molecule has 1 saturated heterocycles. The van der Waals surface area contributed by atoms with Gasteiger partial charge in [0.2, 0.25) is 0 Å². The van der Waals surface area contributed by atoms with Gasteiger partial charge in [-0.25, -0.2) is 0 Å². The second-order valence-corrected chi connectivity index (χ2v) is 6.93. The first kappa shape index (κ1) is 16.4. The fourth-order valence-electron chi connectivity index (χ4n) is 3.53. The van der Waals surface area contributed by atoms with Crippen molar-refractivity contribution in [1.29, 1.82) is 0 Å². The maximum absolute atomic E-state index is 12.3. The van der Waals surface area contributed by atoms with E-state index in [1.54, 1.807) is 12.1 Å². The van der Waals surface area contributed by atoms with Gasteiger partial charge < -0.3 is 10.1 Å². The zero-order valence-corrected chi connectivity index (χ0v) is 13.6. The van der Waals surface area contributed by atoms with E-state index in [1.807, 2.05) is 0 Å². The monoisotopic (exact) mass is 351 g/mol. The number of benzene rings is 1. The Kier molecular flexibility index (Phi) is 4.19.